The molecule has 0 aromatic heterocycles. The van der Waals surface area contributed by atoms with Gasteiger partial charge >= 0.3 is 0 Å². The van der Waals surface area contributed by atoms with E-state index in [-0.39, 0.29) is 29.3 Å². The van der Waals surface area contributed by atoms with Crippen molar-refractivity contribution in [2.45, 2.75) is 30.2 Å². The molecular weight excluding hydrogens is 388 g/mol. The van der Waals surface area contributed by atoms with Gasteiger partial charge in [-0.25, -0.2) is 8.42 Å². The maximum atomic E-state index is 12.2. The van der Waals surface area contributed by atoms with Crippen LogP contribution in [0.25, 0.3) is 0 Å². The Balaban J connectivity index is 0.00000261. The summed E-state index contributed by atoms with van der Waals surface area (Å²) in [6.45, 7) is 0.872. The zero-order valence-electron chi connectivity index (χ0n) is 15.0. The molecule has 27 heavy (non-hydrogen) atoms. The van der Waals surface area contributed by atoms with Gasteiger partial charge in [0.1, 0.15) is 11.5 Å². The number of benzene rings is 2. The minimum atomic E-state index is -3.28. The van der Waals surface area contributed by atoms with Crippen LogP contribution in [0.15, 0.2) is 53.4 Å². The number of piperidine rings is 1. The molecule has 1 aliphatic rings. The van der Waals surface area contributed by atoms with Crippen molar-refractivity contribution in [1.29, 1.82) is 0 Å². The van der Waals surface area contributed by atoms with Gasteiger partial charge in [0, 0.05) is 11.9 Å². The molecule has 0 bridgehead atoms. The molecule has 0 radical (unpaired) electrons. The SMILES string of the molecule is CS(=O)(=O)c1cccc(Oc2ccc(NC(=O)C3CCCCN3)cc2)c1.Cl. The van der Waals surface area contributed by atoms with E-state index in [0.717, 1.165) is 32.1 Å². The summed E-state index contributed by atoms with van der Waals surface area (Å²) < 4.78 is 28.9. The molecule has 0 aliphatic carbocycles. The molecule has 6 nitrogen and oxygen atoms in total. The molecule has 8 heteroatoms. The Morgan fingerprint density at radius 1 is 1.11 bits per heavy atom. The Bertz CT molecular complexity index is 879. The van der Waals surface area contributed by atoms with E-state index in [4.69, 9.17) is 4.74 Å². The lowest BCUT2D eigenvalue weighted by Gasteiger charge is -2.22. The van der Waals surface area contributed by atoms with Gasteiger partial charge in [0.05, 0.1) is 10.9 Å². The van der Waals surface area contributed by atoms with Crippen LogP contribution in [-0.4, -0.2) is 33.2 Å². The Morgan fingerprint density at radius 3 is 2.48 bits per heavy atom. The van der Waals surface area contributed by atoms with Gasteiger partial charge in [0.15, 0.2) is 9.84 Å². The molecule has 2 N–H and O–H groups in total. The quantitative estimate of drug-likeness (QED) is 0.789. The Hall–Kier alpha value is -2.09. The van der Waals surface area contributed by atoms with E-state index in [1.54, 1.807) is 36.4 Å². The first-order valence-electron chi connectivity index (χ1n) is 8.54. The lowest BCUT2D eigenvalue weighted by Crippen LogP contribution is -2.43. The van der Waals surface area contributed by atoms with Crippen LogP contribution in [0.5, 0.6) is 11.5 Å². The number of nitrogens with one attached hydrogen (secondary N) is 2. The van der Waals surface area contributed by atoms with E-state index < -0.39 is 9.84 Å². The third kappa shape index (κ3) is 5.95. The van der Waals surface area contributed by atoms with Gasteiger partial charge in [-0.15, -0.1) is 12.4 Å². The highest BCUT2D eigenvalue weighted by molar-refractivity contribution is 7.90. The highest BCUT2D eigenvalue weighted by atomic mass is 35.5. The lowest BCUT2D eigenvalue weighted by atomic mass is 10.0. The second kappa shape index (κ2) is 9.21. The zero-order valence-corrected chi connectivity index (χ0v) is 16.6. The van der Waals surface area contributed by atoms with Gasteiger partial charge in [0.25, 0.3) is 0 Å². The first-order valence-corrected chi connectivity index (χ1v) is 10.4. The number of hydrogen-bond donors (Lipinski definition) is 2. The molecule has 1 atom stereocenters. The van der Waals surface area contributed by atoms with Crippen LogP contribution in [-0.2, 0) is 14.6 Å². The van der Waals surface area contributed by atoms with Crippen LogP contribution < -0.4 is 15.4 Å². The zero-order chi connectivity index (χ0) is 18.6. The average Bonchev–Trinajstić information content (AvgIpc) is 2.63. The van der Waals surface area contributed by atoms with Gasteiger partial charge in [-0.1, -0.05) is 12.5 Å². The smallest absolute Gasteiger partial charge is 0.241 e. The van der Waals surface area contributed by atoms with E-state index in [0.29, 0.717) is 17.2 Å². The summed E-state index contributed by atoms with van der Waals surface area (Å²) in [4.78, 5) is 12.4. The Morgan fingerprint density at radius 2 is 1.85 bits per heavy atom. The molecule has 1 unspecified atom stereocenters. The molecule has 3 rings (SSSR count). The second-order valence-electron chi connectivity index (χ2n) is 6.37. The predicted molar refractivity (Wildman–Crippen MR) is 108 cm³/mol. The standard InChI is InChI=1S/C19H22N2O4S.ClH/c1-26(23,24)17-6-4-5-16(13-17)25-15-10-8-14(9-11-15)21-19(22)18-7-2-3-12-20-18;/h4-6,8-11,13,18,20H,2-3,7,12H2,1H3,(H,21,22);1H. The summed E-state index contributed by atoms with van der Waals surface area (Å²) in [6.07, 6.45) is 4.18. The number of carbonyl (C=O) groups is 1. The lowest BCUT2D eigenvalue weighted by molar-refractivity contribution is -0.118. The highest BCUT2D eigenvalue weighted by Gasteiger charge is 2.20. The number of rotatable bonds is 5. The number of ether oxygens (including phenoxy) is 1. The summed E-state index contributed by atoms with van der Waals surface area (Å²) in [5.74, 6) is 0.972. The first-order chi connectivity index (χ1) is 12.4. The van der Waals surface area contributed by atoms with Crippen molar-refractivity contribution >= 4 is 33.8 Å². The third-order valence-electron chi connectivity index (χ3n) is 4.22. The van der Waals surface area contributed by atoms with Crippen molar-refractivity contribution in [3.8, 4) is 11.5 Å². The van der Waals surface area contributed by atoms with E-state index in [1.165, 1.54) is 12.1 Å². The fourth-order valence-corrected chi connectivity index (χ4v) is 3.47. The number of carbonyl (C=O) groups excluding carboxylic acids is 1. The fraction of sp³-hybridized carbons (Fsp3) is 0.316. The van der Waals surface area contributed by atoms with Gasteiger partial charge in [-0.2, -0.15) is 0 Å². The topological polar surface area (TPSA) is 84.5 Å². The molecule has 1 heterocycles. The Kier molecular flexibility index (Phi) is 7.24. The number of sulfone groups is 1. The van der Waals surface area contributed by atoms with Crippen LogP contribution in [0.1, 0.15) is 19.3 Å². The van der Waals surface area contributed by atoms with Gasteiger partial charge in [-0.3, -0.25) is 4.79 Å². The normalized spacial score (nSPS) is 16.9. The number of amides is 1. The van der Waals surface area contributed by atoms with Crippen molar-refractivity contribution < 1.29 is 17.9 Å². The van der Waals surface area contributed by atoms with Crippen molar-refractivity contribution in [2.75, 3.05) is 18.1 Å². The number of hydrogen-bond acceptors (Lipinski definition) is 5. The van der Waals surface area contributed by atoms with Crippen LogP contribution in [0.2, 0.25) is 0 Å². The molecule has 1 aliphatic heterocycles. The van der Waals surface area contributed by atoms with Crippen molar-refractivity contribution in [3.05, 3.63) is 48.5 Å². The van der Waals surface area contributed by atoms with Crippen molar-refractivity contribution in [3.63, 3.8) is 0 Å². The maximum Gasteiger partial charge on any atom is 0.241 e. The summed E-state index contributed by atoms with van der Waals surface area (Å²) in [5, 5.41) is 6.11. The summed E-state index contributed by atoms with van der Waals surface area (Å²) >= 11 is 0. The molecule has 2 aromatic rings. The van der Waals surface area contributed by atoms with E-state index >= 15 is 0 Å². The summed E-state index contributed by atoms with van der Waals surface area (Å²) in [6, 6.07) is 13.2. The van der Waals surface area contributed by atoms with Gasteiger partial charge in [-0.05, 0) is 61.9 Å². The monoisotopic (exact) mass is 410 g/mol. The minimum absolute atomic E-state index is 0. The molecule has 1 fully saturated rings. The summed E-state index contributed by atoms with van der Waals surface area (Å²) in [5.41, 5.74) is 0.694. The highest BCUT2D eigenvalue weighted by Crippen LogP contribution is 2.25. The third-order valence-corrected chi connectivity index (χ3v) is 5.33. The molecule has 1 amide bonds. The van der Waals surface area contributed by atoms with Crippen molar-refractivity contribution in [2.24, 2.45) is 0 Å². The molecule has 0 saturated carbocycles. The van der Waals surface area contributed by atoms with Crippen molar-refractivity contribution in [1.82, 2.24) is 5.32 Å². The van der Waals surface area contributed by atoms with Crippen LogP contribution >= 0.6 is 12.4 Å². The van der Waals surface area contributed by atoms with Crippen LogP contribution in [0.3, 0.4) is 0 Å². The second-order valence-corrected chi connectivity index (χ2v) is 8.38. The minimum Gasteiger partial charge on any atom is -0.457 e. The van der Waals surface area contributed by atoms with E-state index in [1.807, 2.05) is 0 Å². The van der Waals surface area contributed by atoms with E-state index in [2.05, 4.69) is 10.6 Å². The maximum absolute atomic E-state index is 12.2. The predicted octanol–water partition coefficient (Wildman–Crippen LogP) is 3.38. The molecule has 2 aromatic carbocycles. The Labute approximate surface area is 165 Å². The van der Waals surface area contributed by atoms with E-state index in [9.17, 15) is 13.2 Å². The first kappa shape index (κ1) is 21.2. The molecule has 0 spiro atoms. The van der Waals surface area contributed by atoms with Crippen LogP contribution in [0.4, 0.5) is 5.69 Å². The van der Waals surface area contributed by atoms with Crippen LogP contribution in [0, 0.1) is 0 Å². The fourth-order valence-electron chi connectivity index (χ4n) is 2.82. The number of anilines is 1. The molecular formula is C19H23ClN2O4S. The number of halogens is 1. The largest absolute Gasteiger partial charge is 0.457 e. The van der Waals surface area contributed by atoms with Gasteiger partial charge in [0.2, 0.25) is 5.91 Å². The van der Waals surface area contributed by atoms with Gasteiger partial charge < -0.3 is 15.4 Å². The molecule has 146 valence electrons. The summed E-state index contributed by atoms with van der Waals surface area (Å²) in [7, 11) is -3.28. The average molecular weight is 411 g/mol. The molecule has 1 saturated heterocycles.